The van der Waals surface area contributed by atoms with Crippen molar-refractivity contribution in [3.63, 3.8) is 0 Å². The summed E-state index contributed by atoms with van der Waals surface area (Å²) in [5, 5.41) is 0. The summed E-state index contributed by atoms with van der Waals surface area (Å²) >= 11 is 1.87. The predicted molar refractivity (Wildman–Crippen MR) is 66.4 cm³/mol. The van der Waals surface area contributed by atoms with Gasteiger partial charge in [0.1, 0.15) is 0 Å². The lowest BCUT2D eigenvalue weighted by Crippen LogP contribution is -1.81. The molecule has 0 radical (unpaired) electrons. The highest BCUT2D eigenvalue weighted by molar-refractivity contribution is 8.02. The van der Waals surface area contributed by atoms with E-state index in [2.05, 4.69) is 43.8 Å². The van der Waals surface area contributed by atoms with Crippen LogP contribution in [0.2, 0.25) is 0 Å². The zero-order valence-corrected chi connectivity index (χ0v) is 9.65. The maximum atomic E-state index is 4.07. The molecule has 1 rings (SSSR count). The van der Waals surface area contributed by atoms with E-state index in [4.69, 9.17) is 0 Å². The van der Waals surface area contributed by atoms with Crippen LogP contribution in [-0.2, 0) is 5.75 Å². The van der Waals surface area contributed by atoms with E-state index in [9.17, 15) is 0 Å². The fourth-order valence-electron chi connectivity index (χ4n) is 1.21. The minimum atomic E-state index is 1.06. The molecule has 0 aliphatic heterocycles. The molecule has 0 nitrogen and oxygen atoms in total. The van der Waals surface area contributed by atoms with Gasteiger partial charge in [0.2, 0.25) is 0 Å². The number of thioether (sulfide) groups is 1. The molecule has 0 bridgehead atoms. The molecule has 0 unspecified atom stereocenters. The van der Waals surface area contributed by atoms with Gasteiger partial charge in [0.15, 0.2) is 0 Å². The van der Waals surface area contributed by atoms with E-state index in [-0.39, 0.29) is 0 Å². The summed E-state index contributed by atoms with van der Waals surface area (Å²) in [7, 11) is 0. The van der Waals surface area contributed by atoms with Gasteiger partial charge in [0, 0.05) is 5.75 Å². The number of hydrogen-bond donors (Lipinski definition) is 0. The van der Waals surface area contributed by atoms with Crippen LogP contribution in [0.3, 0.4) is 0 Å². The van der Waals surface area contributed by atoms with E-state index >= 15 is 0 Å². The van der Waals surface area contributed by atoms with Crippen molar-refractivity contribution in [2.45, 2.75) is 31.9 Å². The summed E-state index contributed by atoms with van der Waals surface area (Å²) in [6, 6.07) is 10.6. The molecule has 14 heavy (non-hydrogen) atoms. The van der Waals surface area contributed by atoms with Crippen molar-refractivity contribution in [3.8, 4) is 0 Å². The van der Waals surface area contributed by atoms with Crippen molar-refractivity contribution < 1.29 is 0 Å². The van der Waals surface area contributed by atoms with Gasteiger partial charge in [-0.25, -0.2) is 0 Å². The van der Waals surface area contributed by atoms with Crippen LogP contribution in [0, 0.1) is 0 Å². The van der Waals surface area contributed by atoms with Crippen molar-refractivity contribution in [2.75, 3.05) is 0 Å². The third kappa shape index (κ3) is 4.52. The molecule has 1 heteroatoms. The lowest BCUT2D eigenvalue weighted by Gasteiger charge is -2.04. The number of benzene rings is 1. The molecule has 0 aromatic heterocycles. The van der Waals surface area contributed by atoms with Gasteiger partial charge in [0.25, 0.3) is 0 Å². The molecule has 76 valence electrons. The molecule has 0 saturated carbocycles. The Labute approximate surface area is 91.4 Å². The second-order valence-corrected chi connectivity index (χ2v) is 4.57. The molecule has 0 aliphatic rings. The fraction of sp³-hybridized carbons (Fsp3) is 0.385. The van der Waals surface area contributed by atoms with Gasteiger partial charge in [-0.2, -0.15) is 0 Å². The third-order valence-electron chi connectivity index (χ3n) is 2.09. The molecule has 1 aromatic rings. The molecular weight excluding hydrogens is 188 g/mol. The largest absolute Gasteiger partial charge is 0.126 e. The van der Waals surface area contributed by atoms with Crippen molar-refractivity contribution in [3.05, 3.63) is 47.4 Å². The summed E-state index contributed by atoms with van der Waals surface area (Å²) in [6.07, 6.45) is 3.68. The molecule has 0 amide bonds. The lowest BCUT2D eigenvalue weighted by atomic mass is 10.2. The molecular formula is C13H18S. The molecule has 1 aromatic carbocycles. The van der Waals surface area contributed by atoms with Crippen LogP contribution in [0.15, 0.2) is 41.8 Å². The van der Waals surface area contributed by atoms with Crippen molar-refractivity contribution in [1.29, 1.82) is 0 Å². The Morgan fingerprint density at radius 3 is 2.64 bits per heavy atom. The third-order valence-corrected chi connectivity index (χ3v) is 3.18. The Balaban J connectivity index is 2.24. The standard InChI is InChI=1S/C13H18S/c1-3-4-8-12(2)14-11-13-9-6-5-7-10-13/h5-7,9-10H,2-4,8,11H2,1H3. The molecule has 0 aliphatic carbocycles. The highest BCUT2D eigenvalue weighted by atomic mass is 32.2. The molecule has 0 atom stereocenters. The van der Waals surface area contributed by atoms with E-state index in [0.29, 0.717) is 0 Å². The van der Waals surface area contributed by atoms with E-state index in [0.717, 1.165) is 12.2 Å². The molecule has 0 spiro atoms. The van der Waals surface area contributed by atoms with Crippen molar-refractivity contribution >= 4 is 11.8 Å². The molecule has 0 fully saturated rings. The van der Waals surface area contributed by atoms with E-state index < -0.39 is 0 Å². The second-order valence-electron chi connectivity index (χ2n) is 3.42. The van der Waals surface area contributed by atoms with Crippen LogP contribution >= 0.6 is 11.8 Å². The normalized spacial score (nSPS) is 10.1. The van der Waals surface area contributed by atoms with Crippen molar-refractivity contribution in [2.24, 2.45) is 0 Å². The summed E-state index contributed by atoms with van der Waals surface area (Å²) in [5.74, 6) is 1.06. The SMILES string of the molecule is C=C(CCCC)SCc1ccccc1. The molecule has 0 heterocycles. The van der Waals surface area contributed by atoms with E-state index in [1.165, 1.54) is 23.3 Å². The minimum absolute atomic E-state index is 1.06. The Bertz CT molecular complexity index is 264. The van der Waals surface area contributed by atoms with Crippen LogP contribution in [0.4, 0.5) is 0 Å². The predicted octanol–water partition coefficient (Wildman–Crippen LogP) is 4.62. The summed E-state index contributed by atoms with van der Waals surface area (Å²) in [5.41, 5.74) is 1.38. The monoisotopic (exact) mass is 206 g/mol. The van der Waals surface area contributed by atoms with Crippen LogP contribution in [0.5, 0.6) is 0 Å². The molecule has 0 saturated heterocycles. The smallest absolute Gasteiger partial charge is 0.0228 e. The van der Waals surface area contributed by atoms with Gasteiger partial charge in [-0.1, -0.05) is 50.3 Å². The quantitative estimate of drug-likeness (QED) is 0.654. The fourth-order valence-corrected chi connectivity index (χ4v) is 2.06. The summed E-state index contributed by atoms with van der Waals surface area (Å²) in [6.45, 7) is 6.29. The van der Waals surface area contributed by atoms with Gasteiger partial charge in [0.05, 0.1) is 0 Å². The highest BCUT2D eigenvalue weighted by Crippen LogP contribution is 2.23. The van der Waals surface area contributed by atoms with Crippen LogP contribution in [0.1, 0.15) is 31.7 Å². The van der Waals surface area contributed by atoms with Gasteiger partial charge in [-0.15, -0.1) is 11.8 Å². The average Bonchev–Trinajstić information content (AvgIpc) is 2.25. The van der Waals surface area contributed by atoms with Crippen LogP contribution in [0.25, 0.3) is 0 Å². The first-order chi connectivity index (χ1) is 6.83. The van der Waals surface area contributed by atoms with Gasteiger partial charge >= 0.3 is 0 Å². The average molecular weight is 206 g/mol. The zero-order chi connectivity index (χ0) is 10.2. The first-order valence-corrected chi connectivity index (χ1v) is 6.16. The Hall–Kier alpha value is -0.690. The Morgan fingerprint density at radius 1 is 1.29 bits per heavy atom. The summed E-state index contributed by atoms with van der Waals surface area (Å²) in [4.78, 5) is 1.32. The number of allylic oxidation sites excluding steroid dienone is 1. The maximum absolute atomic E-state index is 4.07. The van der Waals surface area contributed by atoms with E-state index in [1.807, 2.05) is 11.8 Å². The second kappa shape index (κ2) is 6.72. The number of unbranched alkanes of at least 4 members (excludes halogenated alkanes) is 1. The van der Waals surface area contributed by atoms with E-state index in [1.54, 1.807) is 0 Å². The number of hydrogen-bond acceptors (Lipinski definition) is 1. The molecule has 0 N–H and O–H groups in total. The maximum Gasteiger partial charge on any atom is 0.0228 e. The first-order valence-electron chi connectivity index (χ1n) is 5.17. The number of rotatable bonds is 6. The first kappa shape index (κ1) is 11.4. The highest BCUT2D eigenvalue weighted by Gasteiger charge is 1.96. The van der Waals surface area contributed by atoms with Gasteiger partial charge in [-0.3, -0.25) is 0 Å². The Morgan fingerprint density at radius 2 is 2.00 bits per heavy atom. The zero-order valence-electron chi connectivity index (χ0n) is 8.83. The topological polar surface area (TPSA) is 0 Å². The van der Waals surface area contributed by atoms with Gasteiger partial charge < -0.3 is 0 Å². The minimum Gasteiger partial charge on any atom is -0.126 e. The van der Waals surface area contributed by atoms with Crippen LogP contribution in [-0.4, -0.2) is 0 Å². The Kier molecular flexibility index (Phi) is 5.46. The van der Waals surface area contributed by atoms with Gasteiger partial charge in [-0.05, 0) is 23.3 Å². The lowest BCUT2D eigenvalue weighted by molar-refractivity contribution is 0.810. The van der Waals surface area contributed by atoms with Crippen molar-refractivity contribution in [1.82, 2.24) is 0 Å². The van der Waals surface area contributed by atoms with Crippen LogP contribution < -0.4 is 0 Å². The summed E-state index contributed by atoms with van der Waals surface area (Å²) < 4.78 is 0.